The molecule has 10 heavy (non-hydrogen) atoms. The maximum Gasteiger partial charge on any atom is 0.226 e. The largest absolute Gasteiger partial charge is 0.355 e. The maximum absolute atomic E-state index is 10.4. The fourth-order valence-electron chi connectivity index (χ4n) is 0.504. The van der Waals surface area contributed by atoms with Crippen LogP contribution >= 0.6 is 11.9 Å². The zero-order valence-corrected chi connectivity index (χ0v) is 6.37. The van der Waals surface area contributed by atoms with E-state index in [0.717, 1.165) is 5.03 Å². The Labute approximate surface area is 63.3 Å². The van der Waals surface area contributed by atoms with Crippen molar-refractivity contribution in [3.8, 4) is 0 Å². The summed E-state index contributed by atoms with van der Waals surface area (Å²) in [5.74, 6) is -0.0420. The number of H-pyrrole nitrogens is 1. The third kappa shape index (κ3) is 2.14. The molecule has 0 fully saturated rings. The van der Waals surface area contributed by atoms with Crippen molar-refractivity contribution in [2.75, 3.05) is 0 Å². The van der Waals surface area contributed by atoms with Crippen LogP contribution in [0.5, 0.6) is 0 Å². The molecule has 0 bridgehead atoms. The number of nitrogens with one attached hydrogen (secondary N) is 2. The summed E-state index contributed by atoms with van der Waals surface area (Å²) < 4.78 is 2.59. The number of hydrogen-bond donors (Lipinski definition) is 2. The van der Waals surface area contributed by atoms with Gasteiger partial charge in [-0.3, -0.25) is 9.52 Å². The van der Waals surface area contributed by atoms with E-state index >= 15 is 0 Å². The molecule has 54 valence electrons. The molecule has 1 aromatic rings. The van der Waals surface area contributed by atoms with Crippen molar-refractivity contribution >= 4 is 17.9 Å². The van der Waals surface area contributed by atoms with Crippen LogP contribution in [0.3, 0.4) is 0 Å². The molecular weight excluding hydrogens is 148 g/mol. The Balaban J connectivity index is 2.35. The molecule has 0 saturated heterocycles. The lowest BCUT2D eigenvalue weighted by Gasteiger charge is -1.95. The first-order chi connectivity index (χ1) is 4.79. The summed E-state index contributed by atoms with van der Waals surface area (Å²) in [5, 5.41) is 0.940. The van der Waals surface area contributed by atoms with Gasteiger partial charge in [-0.15, -0.1) is 0 Å². The van der Waals surface area contributed by atoms with Crippen molar-refractivity contribution in [1.82, 2.24) is 9.71 Å². The number of carbonyl (C=O) groups excluding carboxylic acids is 1. The van der Waals surface area contributed by atoms with E-state index in [1.807, 2.05) is 18.3 Å². The molecule has 1 aromatic heterocycles. The fraction of sp³-hybridized carbons (Fsp3) is 0.167. The smallest absolute Gasteiger partial charge is 0.226 e. The lowest BCUT2D eigenvalue weighted by molar-refractivity contribution is -0.117. The number of aromatic nitrogens is 1. The highest BCUT2D eigenvalue weighted by Crippen LogP contribution is 2.09. The minimum Gasteiger partial charge on any atom is -0.355 e. The summed E-state index contributed by atoms with van der Waals surface area (Å²) in [7, 11) is 0. The average Bonchev–Trinajstić information content (AvgIpc) is 2.34. The minimum absolute atomic E-state index is 0.0420. The number of carbonyl (C=O) groups is 1. The molecule has 0 atom stereocenters. The van der Waals surface area contributed by atoms with Crippen LogP contribution in [0.1, 0.15) is 6.92 Å². The summed E-state index contributed by atoms with van der Waals surface area (Å²) in [6, 6.07) is 3.77. The lowest BCUT2D eigenvalue weighted by Crippen LogP contribution is -2.09. The monoisotopic (exact) mass is 156 g/mol. The highest BCUT2D eigenvalue weighted by Gasteiger charge is 1.93. The molecular formula is C6H8N2OS. The van der Waals surface area contributed by atoms with Crippen LogP contribution in [0.15, 0.2) is 23.4 Å². The first-order valence-corrected chi connectivity index (χ1v) is 3.67. The van der Waals surface area contributed by atoms with Gasteiger partial charge in [-0.05, 0) is 12.1 Å². The summed E-state index contributed by atoms with van der Waals surface area (Å²) in [5.41, 5.74) is 0. The minimum atomic E-state index is -0.0420. The van der Waals surface area contributed by atoms with Crippen molar-refractivity contribution in [2.24, 2.45) is 0 Å². The van der Waals surface area contributed by atoms with Crippen LogP contribution in [0.2, 0.25) is 0 Å². The van der Waals surface area contributed by atoms with Gasteiger partial charge in [-0.1, -0.05) is 0 Å². The number of aromatic amines is 1. The van der Waals surface area contributed by atoms with Gasteiger partial charge in [-0.2, -0.15) is 0 Å². The van der Waals surface area contributed by atoms with Gasteiger partial charge in [0, 0.05) is 25.1 Å². The van der Waals surface area contributed by atoms with Crippen LogP contribution < -0.4 is 4.72 Å². The highest BCUT2D eigenvalue weighted by molar-refractivity contribution is 7.97. The predicted molar refractivity (Wildman–Crippen MR) is 40.5 cm³/mol. The first kappa shape index (κ1) is 7.21. The molecule has 0 aliphatic carbocycles. The topological polar surface area (TPSA) is 44.9 Å². The van der Waals surface area contributed by atoms with E-state index < -0.39 is 0 Å². The second-order valence-corrected chi connectivity index (χ2v) is 2.64. The first-order valence-electron chi connectivity index (χ1n) is 2.86. The molecule has 2 N–H and O–H groups in total. The molecule has 0 aliphatic heterocycles. The molecule has 0 radical (unpaired) electrons. The Kier molecular flexibility index (Phi) is 2.39. The molecule has 1 heterocycles. The van der Waals surface area contributed by atoms with Crippen LogP contribution in [-0.4, -0.2) is 10.9 Å². The van der Waals surface area contributed by atoms with E-state index in [2.05, 4.69) is 9.71 Å². The molecule has 1 amide bonds. The molecule has 0 unspecified atom stereocenters. The van der Waals surface area contributed by atoms with Gasteiger partial charge in [0.15, 0.2) is 0 Å². The molecule has 0 aromatic carbocycles. The Morgan fingerprint density at radius 3 is 3.10 bits per heavy atom. The van der Waals surface area contributed by atoms with Crippen LogP contribution in [-0.2, 0) is 4.79 Å². The van der Waals surface area contributed by atoms with Crippen LogP contribution in [0, 0.1) is 0 Å². The molecule has 0 saturated carbocycles. The van der Waals surface area contributed by atoms with Crippen molar-refractivity contribution in [3.63, 3.8) is 0 Å². The lowest BCUT2D eigenvalue weighted by atomic mass is 10.7. The Bertz CT molecular complexity index is 208. The van der Waals surface area contributed by atoms with Gasteiger partial charge >= 0.3 is 0 Å². The second-order valence-electron chi connectivity index (χ2n) is 1.79. The maximum atomic E-state index is 10.4. The molecule has 1 rings (SSSR count). The van der Waals surface area contributed by atoms with Crippen molar-refractivity contribution in [3.05, 3.63) is 18.3 Å². The summed E-state index contributed by atoms with van der Waals surface area (Å²) in [4.78, 5) is 13.3. The van der Waals surface area contributed by atoms with E-state index in [1.54, 1.807) is 0 Å². The third-order valence-corrected chi connectivity index (χ3v) is 1.74. The quantitative estimate of drug-likeness (QED) is 0.631. The number of hydrogen-bond acceptors (Lipinski definition) is 2. The fourth-order valence-corrected chi connectivity index (χ4v) is 1.03. The van der Waals surface area contributed by atoms with Gasteiger partial charge in [0.1, 0.15) is 0 Å². The van der Waals surface area contributed by atoms with Crippen molar-refractivity contribution < 1.29 is 4.79 Å². The molecule has 3 nitrogen and oxygen atoms in total. The summed E-state index contributed by atoms with van der Waals surface area (Å²) >= 11 is 1.28. The van der Waals surface area contributed by atoms with Crippen molar-refractivity contribution in [2.45, 2.75) is 11.9 Å². The van der Waals surface area contributed by atoms with Crippen LogP contribution in [0.25, 0.3) is 0 Å². The third-order valence-electron chi connectivity index (χ3n) is 0.874. The summed E-state index contributed by atoms with van der Waals surface area (Å²) in [6.07, 6.45) is 1.81. The van der Waals surface area contributed by atoms with E-state index in [4.69, 9.17) is 0 Å². The van der Waals surface area contributed by atoms with Crippen LogP contribution in [0.4, 0.5) is 0 Å². The SMILES string of the molecule is CC(=O)NSc1ccc[nH]1. The molecule has 0 aliphatic rings. The predicted octanol–water partition coefficient (Wildman–Crippen LogP) is 1.16. The average molecular weight is 156 g/mol. The van der Waals surface area contributed by atoms with Gasteiger partial charge in [0.2, 0.25) is 5.91 Å². The summed E-state index contributed by atoms with van der Waals surface area (Å²) in [6.45, 7) is 1.48. The molecule has 0 spiro atoms. The second kappa shape index (κ2) is 3.31. The normalized spacial score (nSPS) is 9.30. The number of amides is 1. The zero-order chi connectivity index (χ0) is 7.40. The Morgan fingerprint density at radius 1 is 1.80 bits per heavy atom. The van der Waals surface area contributed by atoms with Gasteiger partial charge in [0.05, 0.1) is 5.03 Å². The van der Waals surface area contributed by atoms with E-state index in [9.17, 15) is 4.79 Å². The molecule has 4 heteroatoms. The van der Waals surface area contributed by atoms with E-state index in [-0.39, 0.29) is 5.91 Å². The van der Waals surface area contributed by atoms with E-state index in [0.29, 0.717) is 0 Å². The Morgan fingerprint density at radius 2 is 2.60 bits per heavy atom. The Hall–Kier alpha value is -0.900. The van der Waals surface area contributed by atoms with Gasteiger partial charge < -0.3 is 4.98 Å². The van der Waals surface area contributed by atoms with Gasteiger partial charge in [-0.25, -0.2) is 0 Å². The number of rotatable bonds is 2. The van der Waals surface area contributed by atoms with Gasteiger partial charge in [0.25, 0.3) is 0 Å². The standard InChI is InChI=1S/C6H8N2OS/c1-5(9)8-10-6-3-2-4-7-6/h2-4,7H,1H3,(H,8,9). The zero-order valence-electron chi connectivity index (χ0n) is 5.55. The van der Waals surface area contributed by atoms with E-state index in [1.165, 1.54) is 18.9 Å². The highest BCUT2D eigenvalue weighted by atomic mass is 32.2. The van der Waals surface area contributed by atoms with Crippen molar-refractivity contribution in [1.29, 1.82) is 0 Å².